The molecule has 0 saturated heterocycles. The maximum absolute atomic E-state index is 2.06. The van der Waals surface area contributed by atoms with Gasteiger partial charge in [0.25, 0.3) is 0 Å². The van der Waals surface area contributed by atoms with Crippen molar-refractivity contribution in [2.24, 2.45) is 28.1 Å². The number of allylic oxidation sites excluding steroid dienone is 4. The second-order valence-corrected chi connectivity index (χ2v) is 8.22. The van der Waals surface area contributed by atoms with Crippen LogP contribution in [0.4, 0.5) is 0 Å². The Morgan fingerprint density at radius 1 is 0.938 bits per heavy atom. The summed E-state index contributed by atoms with van der Waals surface area (Å²) < 4.78 is 0. The molecular weight excluding hydrogens is 192 g/mol. The molecule has 2 bridgehead atoms. The lowest BCUT2D eigenvalue weighted by atomic mass is 9.28. The third-order valence-electron chi connectivity index (χ3n) is 7.78. The summed E-state index contributed by atoms with van der Waals surface area (Å²) in [5, 5.41) is 0. The van der Waals surface area contributed by atoms with Crippen LogP contribution in [0.1, 0.15) is 44.9 Å². The summed E-state index contributed by atoms with van der Waals surface area (Å²) in [6.45, 7) is 0. The van der Waals surface area contributed by atoms with Crippen molar-refractivity contribution in [2.45, 2.75) is 44.9 Å². The van der Waals surface area contributed by atoms with E-state index in [2.05, 4.69) is 5.57 Å². The zero-order chi connectivity index (χ0) is 9.91. The van der Waals surface area contributed by atoms with E-state index in [9.17, 15) is 0 Å². The zero-order valence-corrected chi connectivity index (χ0v) is 9.60. The quantitative estimate of drug-likeness (QED) is 0.534. The molecule has 0 heteroatoms. The standard InChI is InChI=1S/C16H16/c1-8-2-14-6-15(7-14)3-9-4-16(13(9)15)5-11(16)10(1)12(8)14/h10-11H,1-7H2. The summed E-state index contributed by atoms with van der Waals surface area (Å²) in [6.07, 6.45) is 10.9. The van der Waals surface area contributed by atoms with Crippen LogP contribution in [-0.4, -0.2) is 0 Å². The molecule has 0 aromatic rings. The van der Waals surface area contributed by atoms with Gasteiger partial charge in [0, 0.05) is 0 Å². The van der Waals surface area contributed by atoms with Gasteiger partial charge in [-0.3, -0.25) is 0 Å². The minimum atomic E-state index is 0.807. The Kier molecular flexibility index (Phi) is 0.641. The predicted octanol–water partition coefficient (Wildman–Crippen LogP) is 3.60. The molecule has 3 unspecified atom stereocenters. The van der Waals surface area contributed by atoms with Crippen molar-refractivity contribution in [3.05, 3.63) is 22.3 Å². The third kappa shape index (κ3) is 0.389. The van der Waals surface area contributed by atoms with Crippen molar-refractivity contribution in [3.63, 3.8) is 0 Å². The molecule has 0 aliphatic heterocycles. The number of rotatable bonds is 0. The first-order valence-corrected chi connectivity index (χ1v) is 7.22. The molecule has 0 N–H and O–H groups in total. The molecule has 8 rings (SSSR count). The molecule has 0 heterocycles. The summed E-state index contributed by atoms with van der Waals surface area (Å²) in [5.74, 6) is 2.24. The average Bonchev–Trinajstić information content (AvgIpc) is 2.80. The largest absolute Gasteiger partial charge is 0.0687 e. The molecular formula is C16H16. The second-order valence-electron chi connectivity index (χ2n) is 8.22. The molecule has 3 atom stereocenters. The van der Waals surface area contributed by atoms with Crippen LogP contribution in [0.15, 0.2) is 22.3 Å². The highest BCUT2D eigenvalue weighted by atomic mass is 14.9. The molecule has 8 aliphatic carbocycles. The lowest BCUT2D eigenvalue weighted by Gasteiger charge is -2.76. The van der Waals surface area contributed by atoms with E-state index >= 15 is 0 Å². The van der Waals surface area contributed by atoms with Crippen LogP contribution >= 0.6 is 0 Å². The molecule has 0 aromatic carbocycles. The minimum absolute atomic E-state index is 0.807. The smallest absolute Gasteiger partial charge is 0.000497 e. The van der Waals surface area contributed by atoms with Crippen molar-refractivity contribution in [1.29, 1.82) is 0 Å². The lowest BCUT2D eigenvalue weighted by Crippen LogP contribution is -2.65. The topological polar surface area (TPSA) is 0 Å². The Hall–Kier alpha value is -0.520. The molecule has 0 aromatic heterocycles. The molecule has 0 radical (unpaired) electrons. The van der Waals surface area contributed by atoms with E-state index < -0.39 is 0 Å². The summed E-state index contributed by atoms with van der Waals surface area (Å²) in [7, 11) is 0. The van der Waals surface area contributed by atoms with Gasteiger partial charge in [0.2, 0.25) is 0 Å². The Bertz CT molecular complexity index is 569. The highest BCUT2D eigenvalue weighted by molar-refractivity contribution is 5.63. The van der Waals surface area contributed by atoms with E-state index in [1.165, 1.54) is 19.3 Å². The monoisotopic (exact) mass is 208 g/mol. The second kappa shape index (κ2) is 1.46. The van der Waals surface area contributed by atoms with Crippen LogP contribution in [0.2, 0.25) is 0 Å². The summed E-state index contributed by atoms with van der Waals surface area (Å²) >= 11 is 0. The number of hydrogen-bond acceptors (Lipinski definition) is 0. The molecule has 16 heavy (non-hydrogen) atoms. The maximum Gasteiger partial charge on any atom is -0.000497 e. The Balaban J connectivity index is 1.55. The Morgan fingerprint density at radius 3 is 2.62 bits per heavy atom. The highest BCUT2D eigenvalue weighted by Crippen LogP contribution is 2.92. The summed E-state index contributed by atoms with van der Waals surface area (Å²) in [5.41, 5.74) is 10.4. The van der Waals surface area contributed by atoms with E-state index in [1.54, 1.807) is 25.7 Å². The van der Waals surface area contributed by atoms with Gasteiger partial charge in [-0.25, -0.2) is 0 Å². The van der Waals surface area contributed by atoms with Crippen LogP contribution in [0.5, 0.6) is 0 Å². The van der Waals surface area contributed by atoms with Gasteiger partial charge >= 0.3 is 0 Å². The third-order valence-corrected chi connectivity index (χ3v) is 7.78. The van der Waals surface area contributed by atoms with E-state index in [1.807, 2.05) is 16.7 Å². The van der Waals surface area contributed by atoms with E-state index in [0.29, 0.717) is 0 Å². The van der Waals surface area contributed by atoms with Crippen LogP contribution in [-0.2, 0) is 0 Å². The first kappa shape index (κ1) is 7.03. The van der Waals surface area contributed by atoms with Crippen molar-refractivity contribution in [1.82, 2.24) is 0 Å². The maximum atomic E-state index is 2.06. The van der Waals surface area contributed by atoms with Crippen LogP contribution < -0.4 is 0 Å². The normalized spacial score (nSPS) is 69.0. The minimum Gasteiger partial charge on any atom is -0.0687 e. The van der Waals surface area contributed by atoms with Crippen molar-refractivity contribution < 1.29 is 0 Å². The van der Waals surface area contributed by atoms with Crippen LogP contribution in [0, 0.1) is 28.1 Å². The number of hydrogen-bond donors (Lipinski definition) is 0. The van der Waals surface area contributed by atoms with E-state index in [4.69, 9.17) is 0 Å². The first-order valence-electron chi connectivity index (χ1n) is 7.22. The Labute approximate surface area is 95.8 Å². The zero-order valence-electron chi connectivity index (χ0n) is 9.60. The van der Waals surface area contributed by atoms with Gasteiger partial charge in [-0.05, 0) is 73.0 Å². The highest BCUT2D eigenvalue weighted by Gasteiger charge is 2.81. The van der Waals surface area contributed by atoms with Crippen molar-refractivity contribution >= 4 is 0 Å². The van der Waals surface area contributed by atoms with Gasteiger partial charge in [0.1, 0.15) is 0 Å². The Morgan fingerprint density at radius 2 is 1.81 bits per heavy atom. The van der Waals surface area contributed by atoms with Gasteiger partial charge in [-0.15, -0.1) is 0 Å². The molecule has 4 fully saturated rings. The van der Waals surface area contributed by atoms with Gasteiger partial charge in [-0.1, -0.05) is 22.3 Å². The van der Waals surface area contributed by atoms with E-state index in [-0.39, 0.29) is 0 Å². The van der Waals surface area contributed by atoms with E-state index in [0.717, 1.165) is 28.1 Å². The molecule has 4 saturated carbocycles. The van der Waals surface area contributed by atoms with Gasteiger partial charge in [-0.2, -0.15) is 0 Å². The summed E-state index contributed by atoms with van der Waals surface area (Å²) in [6, 6.07) is 0. The van der Waals surface area contributed by atoms with Gasteiger partial charge < -0.3 is 0 Å². The predicted molar refractivity (Wildman–Crippen MR) is 60.7 cm³/mol. The lowest BCUT2D eigenvalue weighted by molar-refractivity contribution is -0.0815. The first-order chi connectivity index (χ1) is 7.77. The fourth-order valence-electron chi connectivity index (χ4n) is 7.74. The fourth-order valence-corrected chi connectivity index (χ4v) is 7.74. The average molecular weight is 208 g/mol. The summed E-state index contributed by atoms with van der Waals surface area (Å²) in [4.78, 5) is 0. The van der Waals surface area contributed by atoms with Crippen molar-refractivity contribution in [3.8, 4) is 0 Å². The molecule has 0 nitrogen and oxygen atoms in total. The van der Waals surface area contributed by atoms with Crippen LogP contribution in [0.25, 0.3) is 0 Å². The molecule has 80 valence electrons. The van der Waals surface area contributed by atoms with Crippen LogP contribution in [0.3, 0.4) is 0 Å². The SMILES string of the molecule is C1C2=C3C1C1CC14CC1=C4C4(C1)CC3(C2)C4. The van der Waals surface area contributed by atoms with Gasteiger partial charge in [0.15, 0.2) is 0 Å². The van der Waals surface area contributed by atoms with Crippen molar-refractivity contribution in [2.75, 3.05) is 0 Å². The molecule has 0 amide bonds. The fraction of sp³-hybridized carbons (Fsp3) is 0.750. The molecule has 3 spiro atoms. The molecule has 8 aliphatic rings. The van der Waals surface area contributed by atoms with Gasteiger partial charge in [0.05, 0.1) is 0 Å².